The molecule has 0 saturated carbocycles. The van der Waals surface area contributed by atoms with Crippen molar-refractivity contribution in [2.75, 3.05) is 46.4 Å². The van der Waals surface area contributed by atoms with E-state index in [0.717, 1.165) is 38.0 Å². The van der Waals surface area contributed by atoms with Crippen LogP contribution < -0.4 is 5.32 Å². The number of carbonyl (C=O) groups is 1. The molecule has 0 aromatic rings. The zero-order valence-corrected chi connectivity index (χ0v) is 13.4. The van der Waals surface area contributed by atoms with E-state index in [0.29, 0.717) is 31.7 Å². The third-order valence-electron chi connectivity index (χ3n) is 4.40. The van der Waals surface area contributed by atoms with Gasteiger partial charge in [0.25, 0.3) is 0 Å². The molecule has 0 aliphatic carbocycles. The lowest BCUT2D eigenvalue weighted by atomic mass is 9.84. The van der Waals surface area contributed by atoms with Gasteiger partial charge in [0, 0.05) is 25.7 Å². The van der Waals surface area contributed by atoms with Crippen molar-refractivity contribution in [2.45, 2.75) is 32.2 Å². The highest BCUT2D eigenvalue weighted by atomic mass is 16.5. The molecule has 5 heteroatoms. The summed E-state index contributed by atoms with van der Waals surface area (Å²) < 4.78 is 5.41. The number of rotatable bonds is 5. The van der Waals surface area contributed by atoms with Gasteiger partial charge in [0.05, 0.1) is 13.2 Å². The summed E-state index contributed by atoms with van der Waals surface area (Å²) in [6.07, 6.45) is 3.47. The summed E-state index contributed by atoms with van der Waals surface area (Å²) in [7, 11) is 2.17. The molecule has 0 aromatic carbocycles. The Labute approximate surface area is 128 Å². The second kappa shape index (κ2) is 7.80. The van der Waals surface area contributed by atoms with Crippen molar-refractivity contribution < 1.29 is 9.53 Å². The van der Waals surface area contributed by atoms with Gasteiger partial charge in [-0.25, -0.2) is 4.79 Å². The Morgan fingerprint density at radius 2 is 2.19 bits per heavy atom. The average Bonchev–Trinajstić information content (AvgIpc) is 2.45. The van der Waals surface area contributed by atoms with Crippen molar-refractivity contribution >= 4 is 6.03 Å². The molecular weight excluding hydrogens is 266 g/mol. The fraction of sp³-hybridized carbons (Fsp3) is 0.812. The van der Waals surface area contributed by atoms with E-state index < -0.39 is 0 Å². The minimum absolute atomic E-state index is 0.0770. The lowest BCUT2D eigenvalue weighted by Gasteiger charge is -2.46. The maximum atomic E-state index is 12.4. The first-order chi connectivity index (χ1) is 10.1. The highest BCUT2D eigenvalue weighted by Gasteiger charge is 2.37. The summed E-state index contributed by atoms with van der Waals surface area (Å²) in [6, 6.07) is 0.500. The maximum Gasteiger partial charge on any atom is 0.317 e. The zero-order chi connectivity index (χ0) is 15.2. The summed E-state index contributed by atoms with van der Waals surface area (Å²) in [5, 5.41) is 2.99. The molecule has 2 atom stereocenters. The number of urea groups is 1. The number of piperidine rings is 2. The largest absolute Gasteiger partial charge is 0.375 e. The zero-order valence-electron chi connectivity index (χ0n) is 13.4. The predicted molar refractivity (Wildman–Crippen MR) is 84.4 cm³/mol. The second-order valence-electron chi connectivity index (χ2n) is 6.46. The van der Waals surface area contributed by atoms with Crippen LogP contribution in [0.5, 0.6) is 0 Å². The summed E-state index contributed by atoms with van der Waals surface area (Å²) in [6.45, 7) is 10.5. The summed E-state index contributed by atoms with van der Waals surface area (Å²) in [4.78, 5) is 16.8. The van der Waals surface area contributed by atoms with Gasteiger partial charge in [-0.3, -0.25) is 0 Å². The SMILES string of the molecule is C=C(C)COCCNC(=O)N1CCC[C@H]2CN(C)CC[C@@H]21. The molecule has 1 N–H and O–H groups in total. The van der Waals surface area contributed by atoms with Crippen LogP contribution in [0.15, 0.2) is 12.2 Å². The molecule has 0 radical (unpaired) electrons. The molecule has 0 spiro atoms. The third-order valence-corrected chi connectivity index (χ3v) is 4.40. The fourth-order valence-corrected chi connectivity index (χ4v) is 3.42. The molecule has 2 saturated heterocycles. The molecule has 120 valence electrons. The quantitative estimate of drug-likeness (QED) is 0.620. The van der Waals surface area contributed by atoms with E-state index in [1.807, 2.05) is 6.92 Å². The van der Waals surface area contributed by atoms with Gasteiger partial charge in [-0.2, -0.15) is 0 Å². The normalized spacial score (nSPS) is 26.3. The number of hydrogen-bond acceptors (Lipinski definition) is 3. The Hall–Kier alpha value is -1.07. The molecule has 2 aliphatic rings. The van der Waals surface area contributed by atoms with Crippen LogP contribution in [0.25, 0.3) is 0 Å². The fourth-order valence-electron chi connectivity index (χ4n) is 3.42. The number of ether oxygens (including phenoxy) is 1. The number of nitrogens with one attached hydrogen (secondary N) is 1. The lowest BCUT2D eigenvalue weighted by Crippen LogP contribution is -2.57. The van der Waals surface area contributed by atoms with Crippen LogP contribution in [0.2, 0.25) is 0 Å². The van der Waals surface area contributed by atoms with Gasteiger partial charge in [-0.05, 0) is 45.7 Å². The topological polar surface area (TPSA) is 44.8 Å². The van der Waals surface area contributed by atoms with Crippen molar-refractivity contribution in [1.29, 1.82) is 0 Å². The molecule has 0 aromatic heterocycles. The number of amides is 2. The van der Waals surface area contributed by atoms with Gasteiger partial charge in [0.2, 0.25) is 0 Å². The van der Waals surface area contributed by atoms with Gasteiger partial charge in [-0.1, -0.05) is 12.2 Å². The van der Waals surface area contributed by atoms with Crippen LogP contribution in [0.1, 0.15) is 26.2 Å². The minimum Gasteiger partial charge on any atom is -0.375 e. The smallest absolute Gasteiger partial charge is 0.317 e. The molecular formula is C16H29N3O2. The van der Waals surface area contributed by atoms with Crippen molar-refractivity contribution in [2.24, 2.45) is 5.92 Å². The first-order valence-electron chi connectivity index (χ1n) is 8.03. The molecule has 2 heterocycles. The van der Waals surface area contributed by atoms with E-state index in [2.05, 4.69) is 28.7 Å². The minimum atomic E-state index is 0.0770. The van der Waals surface area contributed by atoms with Crippen LogP contribution >= 0.6 is 0 Å². The molecule has 21 heavy (non-hydrogen) atoms. The summed E-state index contributed by atoms with van der Waals surface area (Å²) in [5.74, 6) is 0.642. The molecule has 2 rings (SSSR count). The standard InChI is InChI=1S/C16H29N3O2/c1-13(2)12-21-10-7-17-16(20)19-8-4-5-14-11-18(3)9-6-15(14)19/h14-15H,1,4-12H2,2-3H3,(H,17,20)/t14-,15-/m0/s1. The van der Waals surface area contributed by atoms with Crippen molar-refractivity contribution in [3.8, 4) is 0 Å². The first kappa shape index (κ1) is 16.3. The Morgan fingerprint density at radius 1 is 1.38 bits per heavy atom. The molecule has 0 bridgehead atoms. The first-order valence-corrected chi connectivity index (χ1v) is 8.03. The van der Waals surface area contributed by atoms with Gasteiger partial charge < -0.3 is 19.9 Å². The van der Waals surface area contributed by atoms with Crippen LogP contribution in [0.4, 0.5) is 4.79 Å². The lowest BCUT2D eigenvalue weighted by molar-refractivity contribution is 0.0524. The van der Waals surface area contributed by atoms with Crippen LogP contribution in [0.3, 0.4) is 0 Å². The maximum absolute atomic E-state index is 12.4. The Kier molecular flexibility index (Phi) is 6.06. The van der Waals surface area contributed by atoms with Crippen LogP contribution in [-0.2, 0) is 4.74 Å². The van der Waals surface area contributed by atoms with E-state index >= 15 is 0 Å². The average molecular weight is 295 g/mol. The molecule has 2 amide bonds. The van der Waals surface area contributed by atoms with Gasteiger partial charge in [-0.15, -0.1) is 0 Å². The number of hydrogen-bond donors (Lipinski definition) is 1. The number of carbonyl (C=O) groups excluding carboxylic acids is 1. The van der Waals surface area contributed by atoms with E-state index in [1.165, 1.54) is 6.42 Å². The monoisotopic (exact) mass is 295 g/mol. The van der Waals surface area contributed by atoms with Gasteiger partial charge in [0.15, 0.2) is 0 Å². The summed E-state index contributed by atoms with van der Waals surface area (Å²) in [5.41, 5.74) is 1.01. The number of likely N-dealkylation sites (tertiary alicyclic amines) is 2. The molecule has 2 aliphatic heterocycles. The van der Waals surface area contributed by atoms with E-state index in [1.54, 1.807) is 0 Å². The van der Waals surface area contributed by atoms with E-state index in [-0.39, 0.29) is 6.03 Å². The number of fused-ring (bicyclic) bond motifs is 1. The van der Waals surface area contributed by atoms with Crippen LogP contribution in [-0.4, -0.2) is 68.3 Å². The summed E-state index contributed by atoms with van der Waals surface area (Å²) >= 11 is 0. The Bertz CT molecular complexity index is 373. The highest BCUT2D eigenvalue weighted by Crippen LogP contribution is 2.29. The molecule has 5 nitrogen and oxygen atoms in total. The highest BCUT2D eigenvalue weighted by molar-refractivity contribution is 5.74. The third kappa shape index (κ3) is 4.71. The van der Waals surface area contributed by atoms with Crippen molar-refractivity contribution in [3.05, 3.63) is 12.2 Å². The molecule has 2 fully saturated rings. The van der Waals surface area contributed by atoms with Crippen LogP contribution in [0, 0.1) is 5.92 Å². The Morgan fingerprint density at radius 3 is 2.95 bits per heavy atom. The van der Waals surface area contributed by atoms with Crippen molar-refractivity contribution in [3.63, 3.8) is 0 Å². The van der Waals surface area contributed by atoms with Gasteiger partial charge in [0.1, 0.15) is 0 Å². The van der Waals surface area contributed by atoms with Gasteiger partial charge >= 0.3 is 6.03 Å². The number of nitrogens with zero attached hydrogens (tertiary/aromatic N) is 2. The van der Waals surface area contributed by atoms with E-state index in [9.17, 15) is 4.79 Å². The van der Waals surface area contributed by atoms with E-state index in [4.69, 9.17) is 4.74 Å². The predicted octanol–water partition coefficient (Wildman–Crippen LogP) is 1.70. The second-order valence-corrected chi connectivity index (χ2v) is 6.46. The molecule has 0 unspecified atom stereocenters. The Balaban J connectivity index is 1.74. The van der Waals surface area contributed by atoms with Crippen molar-refractivity contribution in [1.82, 2.24) is 15.1 Å².